The average Bonchev–Trinajstić information content (AvgIpc) is 2.83. The van der Waals surface area contributed by atoms with Crippen molar-refractivity contribution < 1.29 is 23.8 Å². The summed E-state index contributed by atoms with van der Waals surface area (Å²) in [5.41, 5.74) is 0.525. The first-order chi connectivity index (χ1) is 10.7. The predicted octanol–water partition coefficient (Wildman–Crippen LogP) is 2.46. The van der Waals surface area contributed by atoms with E-state index in [1.165, 1.54) is 12.1 Å². The van der Waals surface area contributed by atoms with Gasteiger partial charge in [0, 0.05) is 13.1 Å². The molecule has 0 radical (unpaired) electrons. The molecule has 2 rings (SSSR count). The highest BCUT2D eigenvalue weighted by atomic mass is 16.6. The Kier molecular flexibility index (Phi) is 4.73. The molecule has 0 atom stereocenters. The lowest BCUT2D eigenvalue weighted by Gasteiger charge is -2.19. The van der Waals surface area contributed by atoms with Gasteiger partial charge in [-0.05, 0) is 39.0 Å². The maximum absolute atomic E-state index is 11.5. The summed E-state index contributed by atoms with van der Waals surface area (Å²) in [6.45, 7) is 6.07. The van der Waals surface area contributed by atoms with Gasteiger partial charge in [0.1, 0.15) is 11.1 Å². The lowest BCUT2D eigenvalue weighted by atomic mass is 10.2. The number of anilines is 1. The molecule has 1 aromatic carbocycles. The van der Waals surface area contributed by atoms with Crippen molar-refractivity contribution in [1.29, 1.82) is 0 Å². The van der Waals surface area contributed by atoms with Gasteiger partial charge in [-0.25, -0.2) is 9.59 Å². The van der Waals surface area contributed by atoms with Gasteiger partial charge < -0.3 is 24.9 Å². The number of carbonyl (C=O) groups is 2. The largest absolute Gasteiger partial charge is 0.478 e. The quantitative estimate of drug-likeness (QED) is 0.725. The zero-order valence-corrected chi connectivity index (χ0v) is 13.2. The average molecular weight is 321 g/mol. The third-order valence-electron chi connectivity index (χ3n) is 2.70. The highest BCUT2D eigenvalue weighted by molar-refractivity contribution is 5.92. The van der Waals surface area contributed by atoms with Crippen molar-refractivity contribution in [1.82, 2.24) is 10.3 Å². The Labute approximate surface area is 132 Å². The minimum atomic E-state index is -1.03. The molecule has 1 aromatic heterocycles. The topological polar surface area (TPSA) is 114 Å². The number of aromatic carboxylic acids is 1. The van der Waals surface area contributed by atoms with Crippen LogP contribution in [0.3, 0.4) is 0 Å². The van der Waals surface area contributed by atoms with E-state index in [0.717, 1.165) is 0 Å². The first-order valence-electron chi connectivity index (χ1n) is 7.09. The standard InChI is InChI=1S/C15H19N3O5/c1-15(2,3)23-14(21)17-7-6-16-13-18-10-5-4-9(12(19)20)8-11(10)22-13/h4-5,8H,6-7H2,1-3H3,(H,16,18)(H,17,21)(H,19,20). The van der Waals surface area contributed by atoms with Crippen LogP contribution in [-0.4, -0.2) is 40.8 Å². The van der Waals surface area contributed by atoms with Gasteiger partial charge in [-0.15, -0.1) is 0 Å². The van der Waals surface area contributed by atoms with Crippen molar-refractivity contribution in [2.24, 2.45) is 0 Å². The van der Waals surface area contributed by atoms with Crippen molar-refractivity contribution >= 4 is 29.2 Å². The fourth-order valence-corrected chi connectivity index (χ4v) is 1.78. The van der Waals surface area contributed by atoms with Crippen LogP contribution >= 0.6 is 0 Å². The summed E-state index contributed by atoms with van der Waals surface area (Å²) >= 11 is 0. The Balaban J connectivity index is 1.85. The summed E-state index contributed by atoms with van der Waals surface area (Å²) in [7, 11) is 0. The molecular weight excluding hydrogens is 302 g/mol. The Morgan fingerprint density at radius 2 is 2.04 bits per heavy atom. The SMILES string of the molecule is CC(C)(C)OC(=O)NCCNc1nc2ccc(C(=O)O)cc2o1. The number of carbonyl (C=O) groups excluding carboxylic acids is 1. The van der Waals surface area contributed by atoms with Crippen LogP contribution in [0.1, 0.15) is 31.1 Å². The second-order valence-electron chi connectivity index (χ2n) is 5.86. The minimum Gasteiger partial charge on any atom is -0.478 e. The van der Waals surface area contributed by atoms with E-state index in [-0.39, 0.29) is 11.6 Å². The number of carboxylic acids is 1. The van der Waals surface area contributed by atoms with Crippen molar-refractivity contribution in [2.75, 3.05) is 18.4 Å². The minimum absolute atomic E-state index is 0.131. The Bertz CT molecular complexity index is 717. The number of amides is 1. The zero-order valence-electron chi connectivity index (χ0n) is 13.2. The first kappa shape index (κ1) is 16.6. The van der Waals surface area contributed by atoms with Crippen molar-refractivity contribution in [2.45, 2.75) is 26.4 Å². The number of rotatable bonds is 5. The van der Waals surface area contributed by atoms with Crippen LogP contribution in [0.4, 0.5) is 10.8 Å². The molecule has 0 saturated carbocycles. The van der Waals surface area contributed by atoms with E-state index in [9.17, 15) is 9.59 Å². The number of carboxylic acid groups (broad SMARTS) is 1. The molecule has 0 aliphatic rings. The fraction of sp³-hybridized carbons (Fsp3) is 0.400. The van der Waals surface area contributed by atoms with E-state index >= 15 is 0 Å². The van der Waals surface area contributed by atoms with Crippen LogP contribution in [0.25, 0.3) is 11.1 Å². The number of oxazole rings is 1. The molecule has 3 N–H and O–H groups in total. The molecule has 0 unspecified atom stereocenters. The Morgan fingerprint density at radius 1 is 1.30 bits per heavy atom. The summed E-state index contributed by atoms with van der Waals surface area (Å²) in [5, 5.41) is 14.4. The Morgan fingerprint density at radius 3 is 2.70 bits per heavy atom. The molecular formula is C15H19N3O5. The first-order valence-corrected chi connectivity index (χ1v) is 7.09. The third kappa shape index (κ3) is 4.87. The third-order valence-corrected chi connectivity index (χ3v) is 2.70. The van der Waals surface area contributed by atoms with E-state index in [0.29, 0.717) is 24.2 Å². The van der Waals surface area contributed by atoms with Gasteiger partial charge >= 0.3 is 12.1 Å². The smallest absolute Gasteiger partial charge is 0.407 e. The molecule has 0 saturated heterocycles. The highest BCUT2D eigenvalue weighted by Gasteiger charge is 2.15. The monoisotopic (exact) mass is 321 g/mol. The summed E-state index contributed by atoms with van der Waals surface area (Å²) in [6.07, 6.45) is -0.497. The van der Waals surface area contributed by atoms with E-state index in [1.54, 1.807) is 26.8 Å². The number of alkyl carbamates (subject to hydrolysis) is 1. The molecule has 124 valence electrons. The summed E-state index contributed by atoms with van der Waals surface area (Å²) in [6, 6.07) is 4.70. The summed E-state index contributed by atoms with van der Waals surface area (Å²) < 4.78 is 10.5. The molecule has 1 amide bonds. The molecule has 0 bridgehead atoms. The normalized spacial score (nSPS) is 11.3. The fourth-order valence-electron chi connectivity index (χ4n) is 1.78. The number of nitrogens with zero attached hydrogens (tertiary/aromatic N) is 1. The lowest BCUT2D eigenvalue weighted by molar-refractivity contribution is 0.0529. The van der Waals surface area contributed by atoms with Crippen LogP contribution in [0.5, 0.6) is 0 Å². The van der Waals surface area contributed by atoms with Gasteiger partial charge in [0.15, 0.2) is 5.58 Å². The summed E-state index contributed by atoms with van der Waals surface area (Å²) in [4.78, 5) is 26.5. The number of hydrogen-bond donors (Lipinski definition) is 3. The molecule has 23 heavy (non-hydrogen) atoms. The van der Waals surface area contributed by atoms with Crippen LogP contribution in [0.2, 0.25) is 0 Å². The van der Waals surface area contributed by atoms with E-state index < -0.39 is 17.7 Å². The predicted molar refractivity (Wildman–Crippen MR) is 83.7 cm³/mol. The Hall–Kier alpha value is -2.77. The molecule has 8 nitrogen and oxygen atoms in total. The van der Waals surface area contributed by atoms with Gasteiger partial charge in [0.25, 0.3) is 6.01 Å². The number of nitrogens with one attached hydrogen (secondary N) is 2. The molecule has 8 heteroatoms. The van der Waals surface area contributed by atoms with Crippen molar-refractivity contribution in [3.8, 4) is 0 Å². The van der Waals surface area contributed by atoms with Gasteiger partial charge in [0.2, 0.25) is 0 Å². The van der Waals surface area contributed by atoms with E-state index in [2.05, 4.69) is 15.6 Å². The van der Waals surface area contributed by atoms with Crippen molar-refractivity contribution in [3.05, 3.63) is 23.8 Å². The maximum Gasteiger partial charge on any atom is 0.407 e. The molecule has 0 spiro atoms. The second-order valence-corrected chi connectivity index (χ2v) is 5.86. The molecule has 1 heterocycles. The zero-order chi connectivity index (χ0) is 17.0. The van der Waals surface area contributed by atoms with Crippen LogP contribution in [-0.2, 0) is 4.74 Å². The summed E-state index contributed by atoms with van der Waals surface area (Å²) in [5.74, 6) is -1.03. The maximum atomic E-state index is 11.5. The van der Waals surface area contributed by atoms with Gasteiger partial charge in [-0.2, -0.15) is 4.98 Å². The van der Waals surface area contributed by atoms with E-state index in [4.69, 9.17) is 14.3 Å². The number of ether oxygens (including phenoxy) is 1. The number of hydrogen-bond acceptors (Lipinski definition) is 6. The molecule has 0 aliphatic heterocycles. The number of fused-ring (bicyclic) bond motifs is 1. The number of aromatic nitrogens is 1. The molecule has 0 aliphatic carbocycles. The van der Waals surface area contributed by atoms with Crippen molar-refractivity contribution in [3.63, 3.8) is 0 Å². The molecule has 0 fully saturated rings. The lowest BCUT2D eigenvalue weighted by Crippen LogP contribution is -2.35. The second kappa shape index (κ2) is 6.55. The van der Waals surface area contributed by atoms with Gasteiger partial charge in [-0.3, -0.25) is 0 Å². The van der Waals surface area contributed by atoms with Gasteiger partial charge in [0.05, 0.1) is 5.56 Å². The van der Waals surface area contributed by atoms with E-state index in [1.807, 2.05) is 0 Å². The van der Waals surface area contributed by atoms with Crippen LogP contribution < -0.4 is 10.6 Å². The molecule has 2 aromatic rings. The van der Waals surface area contributed by atoms with Crippen LogP contribution in [0, 0.1) is 0 Å². The van der Waals surface area contributed by atoms with Gasteiger partial charge in [-0.1, -0.05) is 0 Å². The highest BCUT2D eigenvalue weighted by Crippen LogP contribution is 2.20. The van der Waals surface area contributed by atoms with Crippen LogP contribution in [0.15, 0.2) is 22.6 Å². The number of benzene rings is 1.